The van der Waals surface area contributed by atoms with Gasteiger partial charge in [0.1, 0.15) is 18.4 Å². The highest BCUT2D eigenvalue weighted by Gasteiger charge is 2.43. The first-order valence-electron chi connectivity index (χ1n) is 8.82. The van der Waals surface area contributed by atoms with Gasteiger partial charge in [0, 0.05) is 6.42 Å². The van der Waals surface area contributed by atoms with Crippen molar-refractivity contribution >= 4 is 24.3 Å². The second-order valence-corrected chi connectivity index (χ2v) is 14.8. The Bertz CT molecular complexity index is 883. The molecule has 1 fully saturated rings. The number of nitrogens with zero attached hydrogens (tertiary/aromatic N) is 2. The maximum absolute atomic E-state index is 13.8. The van der Waals surface area contributed by atoms with E-state index in [0.717, 1.165) is 17.0 Å². The predicted octanol–water partition coefficient (Wildman–Crippen LogP) is 1.62. The van der Waals surface area contributed by atoms with E-state index in [1.54, 1.807) is 0 Å². The number of nitrogens with two attached hydrogens (primary N) is 1. The summed E-state index contributed by atoms with van der Waals surface area (Å²) in [5.41, 5.74) is 4.50. The third-order valence-electron chi connectivity index (χ3n) is 5.14. The molecule has 0 unspecified atom stereocenters. The van der Waals surface area contributed by atoms with Crippen molar-refractivity contribution in [3.05, 3.63) is 22.5 Å². The van der Waals surface area contributed by atoms with Crippen LogP contribution in [0.5, 0.6) is 0 Å². The third-order valence-corrected chi connectivity index (χ3v) is 10.2. The molecule has 1 aromatic heterocycles. The molecule has 1 aliphatic heterocycles. The van der Waals surface area contributed by atoms with Gasteiger partial charge in [-0.2, -0.15) is 13.4 Å². The number of hydrogen-bond donors (Lipinski definition) is 1. The zero-order chi connectivity index (χ0) is 21.5. The Kier molecular flexibility index (Phi) is 6.41. The van der Waals surface area contributed by atoms with Gasteiger partial charge in [0.25, 0.3) is 10.1 Å². The van der Waals surface area contributed by atoms with Crippen LogP contribution in [-0.2, 0) is 23.5 Å². The number of aromatic nitrogens is 2. The SMILES string of the molecule is CC(C)(C)[Si](C)(C)OC[C@@H]1O[C@@H](n2cc(F)c(N)nc2=O)C[C@@H]1OS(C)(=O)=O. The van der Waals surface area contributed by atoms with Gasteiger partial charge in [-0.3, -0.25) is 8.75 Å². The number of rotatable bonds is 6. The summed E-state index contributed by atoms with van der Waals surface area (Å²) < 4.78 is 55.0. The molecule has 0 bridgehead atoms. The van der Waals surface area contributed by atoms with E-state index in [9.17, 15) is 17.6 Å². The van der Waals surface area contributed by atoms with Gasteiger partial charge >= 0.3 is 5.69 Å². The van der Waals surface area contributed by atoms with Crippen LogP contribution >= 0.6 is 0 Å². The van der Waals surface area contributed by atoms with E-state index in [1.165, 1.54) is 0 Å². The van der Waals surface area contributed by atoms with Crippen LogP contribution in [0.1, 0.15) is 33.4 Å². The Morgan fingerprint density at radius 2 is 2.04 bits per heavy atom. The number of ether oxygens (including phenoxy) is 1. The van der Waals surface area contributed by atoms with Crippen LogP contribution in [0.15, 0.2) is 11.0 Å². The number of nitrogen functional groups attached to an aromatic ring is 1. The molecule has 0 aliphatic carbocycles. The van der Waals surface area contributed by atoms with Gasteiger partial charge in [-0.1, -0.05) is 20.8 Å². The zero-order valence-corrected chi connectivity index (χ0v) is 18.7. The fourth-order valence-corrected chi connectivity index (χ4v) is 4.18. The van der Waals surface area contributed by atoms with Gasteiger partial charge < -0.3 is 14.9 Å². The van der Waals surface area contributed by atoms with Crippen LogP contribution in [0.4, 0.5) is 10.2 Å². The van der Waals surface area contributed by atoms with Gasteiger partial charge in [-0.15, -0.1) is 0 Å². The van der Waals surface area contributed by atoms with Gasteiger partial charge in [-0.05, 0) is 18.1 Å². The first-order chi connectivity index (χ1) is 12.6. The summed E-state index contributed by atoms with van der Waals surface area (Å²) in [6, 6.07) is 0. The molecular formula is C16H28FN3O6SSi. The highest BCUT2D eigenvalue weighted by atomic mass is 32.2. The normalized spacial score (nSPS) is 23.9. The fraction of sp³-hybridized carbons (Fsp3) is 0.750. The Hall–Kier alpha value is -1.34. The molecule has 160 valence electrons. The molecule has 2 heterocycles. The van der Waals surface area contributed by atoms with Crippen LogP contribution in [0.3, 0.4) is 0 Å². The lowest BCUT2D eigenvalue weighted by molar-refractivity contribution is -0.0389. The maximum Gasteiger partial charge on any atom is 0.351 e. The third kappa shape index (κ3) is 5.38. The largest absolute Gasteiger partial charge is 0.414 e. The highest BCUT2D eigenvalue weighted by Crippen LogP contribution is 2.38. The number of hydrogen-bond acceptors (Lipinski definition) is 8. The average molecular weight is 438 g/mol. The van der Waals surface area contributed by atoms with Crippen molar-refractivity contribution in [3.63, 3.8) is 0 Å². The molecule has 1 saturated heterocycles. The molecule has 28 heavy (non-hydrogen) atoms. The van der Waals surface area contributed by atoms with Crippen molar-refractivity contribution in [2.45, 2.75) is 63.8 Å². The summed E-state index contributed by atoms with van der Waals surface area (Å²) in [6.45, 7) is 10.4. The van der Waals surface area contributed by atoms with Crippen LogP contribution in [0.2, 0.25) is 18.1 Å². The summed E-state index contributed by atoms with van der Waals surface area (Å²) in [6.07, 6.45) is -0.732. The predicted molar refractivity (Wildman–Crippen MR) is 104 cm³/mol. The molecule has 12 heteroatoms. The van der Waals surface area contributed by atoms with E-state index in [-0.39, 0.29) is 18.1 Å². The number of halogens is 1. The van der Waals surface area contributed by atoms with Crippen LogP contribution in [0, 0.1) is 5.82 Å². The molecule has 2 N–H and O–H groups in total. The molecule has 0 amide bonds. The van der Waals surface area contributed by atoms with E-state index < -0.39 is 54.2 Å². The Morgan fingerprint density at radius 1 is 1.43 bits per heavy atom. The quantitative estimate of drug-likeness (QED) is 0.526. The second kappa shape index (κ2) is 7.82. The Balaban J connectivity index is 2.25. The van der Waals surface area contributed by atoms with Crippen LogP contribution in [-0.4, -0.2) is 51.4 Å². The van der Waals surface area contributed by atoms with Crippen LogP contribution in [0.25, 0.3) is 0 Å². The molecule has 0 spiro atoms. The summed E-state index contributed by atoms with van der Waals surface area (Å²) >= 11 is 0. The molecular weight excluding hydrogens is 409 g/mol. The topological polar surface area (TPSA) is 123 Å². The van der Waals surface area contributed by atoms with E-state index in [1.807, 2.05) is 0 Å². The highest BCUT2D eigenvalue weighted by molar-refractivity contribution is 7.86. The molecule has 1 aromatic rings. The van der Waals surface area contributed by atoms with Gasteiger partial charge in [-0.25, -0.2) is 9.18 Å². The monoisotopic (exact) mass is 437 g/mol. The van der Waals surface area contributed by atoms with Crippen molar-refractivity contribution in [3.8, 4) is 0 Å². The summed E-state index contributed by atoms with van der Waals surface area (Å²) in [7, 11) is -5.91. The average Bonchev–Trinajstić information content (AvgIpc) is 2.88. The smallest absolute Gasteiger partial charge is 0.351 e. The minimum atomic E-state index is -3.77. The van der Waals surface area contributed by atoms with E-state index in [2.05, 4.69) is 38.8 Å². The zero-order valence-electron chi connectivity index (χ0n) is 16.9. The maximum atomic E-state index is 13.8. The minimum Gasteiger partial charge on any atom is -0.414 e. The van der Waals surface area contributed by atoms with E-state index >= 15 is 0 Å². The lowest BCUT2D eigenvalue weighted by Gasteiger charge is -2.37. The molecule has 2 rings (SSSR count). The molecule has 0 saturated carbocycles. The first-order valence-corrected chi connectivity index (χ1v) is 13.5. The molecule has 1 aliphatic rings. The Morgan fingerprint density at radius 3 is 2.57 bits per heavy atom. The second-order valence-electron chi connectivity index (χ2n) is 8.44. The summed E-state index contributed by atoms with van der Waals surface area (Å²) in [5, 5.41) is -0.0564. The van der Waals surface area contributed by atoms with Crippen molar-refractivity contribution in [2.24, 2.45) is 0 Å². The standard InChI is InChI=1S/C16H28FN3O6SSi/c1-16(2,3)28(5,6)24-9-12-11(26-27(4,22)23)7-13(25-12)20-8-10(17)14(18)19-15(20)21/h8,11-13H,7,9H2,1-6H3,(H2,18,19,21)/t11-,12-,13+/m0/s1. The number of anilines is 1. The summed E-state index contributed by atoms with van der Waals surface area (Å²) in [4.78, 5) is 15.5. The molecule has 0 radical (unpaired) electrons. The molecule has 3 atom stereocenters. The van der Waals surface area contributed by atoms with Crippen LogP contribution < -0.4 is 11.4 Å². The van der Waals surface area contributed by atoms with Gasteiger partial charge in [0.2, 0.25) is 0 Å². The lowest BCUT2D eigenvalue weighted by Crippen LogP contribution is -2.44. The fourth-order valence-electron chi connectivity index (χ4n) is 2.52. The first kappa shape index (κ1) is 22.9. The van der Waals surface area contributed by atoms with Gasteiger partial charge in [0.15, 0.2) is 20.0 Å². The Labute approximate surface area is 165 Å². The minimum absolute atomic E-state index is 0.0174. The lowest BCUT2D eigenvalue weighted by atomic mass is 10.2. The van der Waals surface area contributed by atoms with Gasteiger partial charge in [0.05, 0.1) is 19.1 Å². The van der Waals surface area contributed by atoms with Crippen molar-refractivity contribution in [1.29, 1.82) is 0 Å². The van der Waals surface area contributed by atoms with E-state index in [4.69, 9.17) is 19.1 Å². The summed E-state index contributed by atoms with van der Waals surface area (Å²) in [5.74, 6) is -1.38. The van der Waals surface area contributed by atoms with E-state index in [0.29, 0.717) is 0 Å². The van der Waals surface area contributed by atoms with Crippen molar-refractivity contribution < 1.29 is 26.2 Å². The van der Waals surface area contributed by atoms with Crippen molar-refractivity contribution in [1.82, 2.24) is 9.55 Å². The molecule has 0 aromatic carbocycles. The molecule has 9 nitrogen and oxygen atoms in total. The van der Waals surface area contributed by atoms with Crippen molar-refractivity contribution in [2.75, 3.05) is 18.6 Å².